The molecule has 1 saturated carbocycles. The summed E-state index contributed by atoms with van der Waals surface area (Å²) in [5.74, 6) is -0.226. The van der Waals surface area contributed by atoms with Gasteiger partial charge in [0.25, 0.3) is 0 Å². The molecule has 0 N–H and O–H groups in total. The Labute approximate surface area is 134 Å². The van der Waals surface area contributed by atoms with Gasteiger partial charge < -0.3 is 9.47 Å². The molecular weight excluding hydrogens is 280 g/mol. The van der Waals surface area contributed by atoms with Crippen molar-refractivity contribution in [2.45, 2.75) is 72.6 Å². The molecule has 0 aromatic rings. The van der Waals surface area contributed by atoms with Crippen molar-refractivity contribution < 1.29 is 19.1 Å². The van der Waals surface area contributed by atoms with Gasteiger partial charge in [0.15, 0.2) is 5.41 Å². The summed E-state index contributed by atoms with van der Waals surface area (Å²) in [7, 11) is 0. The van der Waals surface area contributed by atoms with Crippen molar-refractivity contribution in [3.63, 3.8) is 0 Å². The van der Waals surface area contributed by atoms with E-state index in [9.17, 15) is 9.59 Å². The first kappa shape index (κ1) is 19.0. The van der Waals surface area contributed by atoms with Crippen molar-refractivity contribution in [2.24, 2.45) is 17.3 Å². The van der Waals surface area contributed by atoms with E-state index in [-0.39, 0.29) is 23.8 Å². The third-order valence-corrected chi connectivity index (χ3v) is 4.08. The summed E-state index contributed by atoms with van der Waals surface area (Å²) in [6.07, 6.45) is 6.19. The summed E-state index contributed by atoms with van der Waals surface area (Å²) in [6.45, 7) is 8.70. The van der Waals surface area contributed by atoms with Crippen LogP contribution < -0.4 is 0 Å². The zero-order valence-electron chi connectivity index (χ0n) is 14.7. The molecule has 1 fully saturated rings. The molecule has 22 heavy (non-hydrogen) atoms. The van der Waals surface area contributed by atoms with Gasteiger partial charge in [0.1, 0.15) is 0 Å². The maximum atomic E-state index is 12.7. The number of carbonyl (C=O) groups is 2. The summed E-state index contributed by atoms with van der Waals surface area (Å²) in [4.78, 5) is 25.3. The zero-order chi connectivity index (χ0) is 16.6. The quantitative estimate of drug-likeness (QED) is 0.547. The summed E-state index contributed by atoms with van der Waals surface area (Å²) in [6, 6.07) is 0. The molecule has 1 aliphatic rings. The fourth-order valence-electron chi connectivity index (χ4n) is 2.76. The lowest BCUT2D eigenvalue weighted by Gasteiger charge is -2.31. The molecule has 0 saturated heterocycles. The molecule has 0 atom stereocenters. The van der Waals surface area contributed by atoms with Crippen molar-refractivity contribution in [3.05, 3.63) is 0 Å². The normalized spacial score (nSPS) is 18.6. The molecule has 128 valence electrons. The van der Waals surface area contributed by atoms with Gasteiger partial charge in [0, 0.05) is 0 Å². The van der Waals surface area contributed by atoms with E-state index < -0.39 is 5.41 Å². The van der Waals surface area contributed by atoms with Crippen LogP contribution in [0.2, 0.25) is 0 Å². The summed E-state index contributed by atoms with van der Waals surface area (Å²) < 4.78 is 10.9. The van der Waals surface area contributed by atoms with Crippen molar-refractivity contribution in [1.82, 2.24) is 0 Å². The Bertz CT molecular complexity index is 326. The molecule has 0 unspecified atom stereocenters. The first-order valence-electron chi connectivity index (χ1n) is 8.73. The monoisotopic (exact) mass is 312 g/mol. The minimum absolute atomic E-state index is 0.265. The van der Waals surface area contributed by atoms with Gasteiger partial charge in [-0.25, -0.2) is 0 Å². The Morgan fingerprint density at radius 3 is 1.50 bits per heavy atom. The van der Waals surface area contributed by atoms with Crippen LogP contribution in [0.5, 0.6) is 0 Å². The highest BCUT2D eigenvalue weighted by Crippen LogP contribution is 2.37. The predicted molar refractivity (Wildman–Crippen MR) is 86.3 cm³/mol. The maximum absolute atomic E-state index is 12.7. The number of hydrogen-bond donors (Lipinski definition) is 0. The standard InChI is InChI=1S/C18H32O4/c1-14(2)12-21-16(19)18(17(20)22-13-15(3)4)10-8-6-5-7-9-11-18/h14-15H,5-13H2,1-4H3. The second-order valence-corrected chi connectivity index (χ2v) is 7.33. The lowest BCUT2D eigenvalue weighted by atomic mass is 9.76. The predicted octanol–water partition coefficient (Wildman–Crippen LogP) is 4.12. The summed E-state index contributed by atoms with van der Waals surface area (Å²) in [5, 5.41) is 0. The summed E-state index contributed by atoms with van der Waals surface area (Å²) >= 11 is 0. The first-order valence-corrected chi connectivity index (χ1v) is 8.73. The third kappa shape index (κ3) is 5.62. The largest absolute Gasteiger partial charge is 0.465 e. The number of ether oxygens (including phenoxy) is 2. The molecule has 0 heterocycles. The molecule has 1 rings (SSSR count). The van der Waals surface area contributed by atoms with Gasteiger partial charge in [0.05, 0.1) is 13.2 Å². The van der Waals surface area contributed by atoms with Gasteiger partial charge in [-0.05, 0) is 24.7 Å². The molecule has 1 aliphatic carbocycles. The third-order valence-electron chi connectivity index (χ3n) is 4.08. The second kappa shape index (κ2) is 9.16. The van der Waals surface area contributed by atoms with Crippen LogP contribution in [0.4, 0.5) is 0 Å². The van der Waals surface area contributed by atoms with Crippen molar-refractivity contribution >= 4 is 11.9 Å². The van der Waals surface area contributed by atoms with Crippen molar-refractivity contribution in [1.29, 1.82) is 0 Å². The number of hydrogen-bond acceptors (Lipinski definition) is 4. The summed E-state index contributed by atoms with van der Waals surface area (Å²) in [5.41, 5.74) is -1.08. The fourth-order valence-corrected chi connectivity index (χ4v) is 2.76. The topological polar surface area (TPSA) is 52.6 Å². The number of rotatable bonds is 6. The van der Waals surface area contributed by atoms with Crippen LogP contribution >= 0.6 is 0 Å². The Kier molecular flexibility index (Phi) is 7.91. The SMILES string of the molecule is CC(C)COC(=O)C1(C(=O)OCC(C)C)CCCCCCC1. The smallest absolute Gasteiger partial charge is 0.323 e. The molecule has 0 spiro atoms. The van der Waals surface area contributed by atoms with Gasteiger partial charge in [-0.2, -0.15) is 0 Å². The molecule has 4 nitrogen and oxygen atoms in total. The molecule has 0 bridgehead atoms. The van der Waals surface area contributed by atoms with Gasteiger partial charge >= 0.3 is 11.9 Å². The highest BCUT2D eigenvalue weighted by atomic mass is 16.6. The maximum Gasteiger partial charge on any atom is 0.323 e. The van der Waals surface area contributed by atoms with Crippen LogP contribution in [-0.4, -0.2) is 25.2 Å². The first-order chi connectivity index (χ1) is 10.4. The van der Waals surface area contributed by atoms with Crippen LogP contribution in [-0.2, 0) is 19.1 Å². The highest BCUT2D eigenvalue weighted by Gasteiger charge is 2.48. The minimum atomic E-state index is -1.08. The van der Waals surface area contributed by atoms with E-state index in [0.29, 0.717) is 26.1 Å². The van der Waals surface area contributed by atoms with E-state index in [0.717, 1.165) is 25.7 Å². The van der Waals surface area contributed by atoms with E-state index in [1.54, 1.807) is 0 Å². The van der Waals surface area contributed by atoms with Gasteiger partial charge in [-0.1, -0.05) is 59.8 Å². The highest BCUT2D eigenvalue weighted by molar-refractivity contribution is 6.00. The van der Waals surface area contributed by atoms with Crippen LogP contribution in [0.15, 0.2) is 0 Å². The number of carbonyl (C=O) groups excluding carboxylic acids is 2. The van der Waals surface area contributed by atoms with E-state index in [4.69, 9.17) is 9.47 Å². The lowest BCUT2D eigenvalue weighted by molar-refractivity contribution is -0.175. The molecule has 4 heteroatoms. The molecule has 0 radical (unpaired) electrons. The Balaban J connectivity index is 2.85. The van der Waals surface area contributed by atoms with Crippen LogP contribution in [0, 0.1) is 17.3 Å². The average molecular weight is 312 g/mol. The molecule has 0 aliphatic heterocycles. The molecule has 0 aromatic carbocycles. The van der Waals surface area contributed by atoms with Crippen LogP contribution in [0.1, 0.15) is 72.6 Å². The van der Waals surface area contributed by atoms with Gasteiger partial charge in [0.2, 0.25) is 0 Å². The van der Waals surface area contributed by atoms with E-state index >= 15 is 0 Å². The van der Waals surface area contributed by atoms with Gasteiger partial charge in [-0.3, -0.25) is 9.59 Å². The lowest BCUT2D eigenvalue weighted by Crippen LogP contribution is -2.43. The van der Waals surface area contributed by atoms with Crippen LogP contribution in [0.3, 0.4) is 0 Å². The van der Waals surface area contributed by atoms with E-state index in [2.05, 4.69) is 0 Å². The fraction of sp³-hybridized carbons (Fsp3) is 0.889. The average Bonchev–Trinajstić information content (AvgIpc) is 2.42. The Morgan fingerprint density at radius 1 is 0.773 bits per heavy atom. The van der Waals surface area contributed by atoms with Crippen molar-refractivity contribution in [3.8, 4) is 0 Å². The second-order valence-electron chi connectivity index (χ2n) is 7.33. The minimum Gasteiger partial charge on any atom is -0.465 e. The zero-order valence-corrected chi connectivity index (χ0v) is 14.7. The molecule has 0 amide bonds. The van der Waals surface area contributed by atoms with Crippen LogP contribution in [0.25, 0.3) is 0 Å². The molecular formula is C18H32O4. The Morgan fingerprint density at radius 2 is 1.14 bits per heavy atom. The van der Waals surface area contributed by atoms with E-state index in [1.807, 2.05) is 27.7 Å². The van der Waals surface area contributed by atoms with Gasteiger partial charge in [-0.15, -0.1) is 0 Å². The van der Waals surface area contributed by atoms with Crippen molar-refractivity contribution in [2.75, 3.05) is 13.2 Å². The van der Waals surface area contributed by atoms with E-state index in [1.165, 1.54) is 6.42 Å². The number of esters is 2. The Hall–Kier alpha value is -1.06. The molecule has 0 aromatic heterocycles.